The van der Waals surface area contributed by atoms with Gasteiger partial charge in [0, 0.05) is 42.8 Å². The van der Waals surface area contributed by atoms with Crippen LogP contribution >= 0.6 is 11.8 Å². The molecule has 0 bridgehead atoms. The van der Waals surface area contributed by atoms with Gasteiger partial charge in [0.25, 0.3) is 0 Å². The second-order valence-electron chi connectivity index (χ2n) is 5.11. The van der Waals surface area contributed by atoms with Gasteiger partial charge in [-0.3, -0.25) is 0 Å². The van der Waals surface area contributed by atoms with Gasteiger partial charge in [-0.1, -0.05) is 0 Å². The molecule has 1 unspecified atom stereocenters. The molecule has 16 heavy (non-hydrogen) atoms. The van der Waals surface area contributed by atoms with Crippen molar-refractivity contribution in [3.05, 3.63) is 0 Å². The summed E-state index contributed by atoms with van der Waals surface area (Å²) in [7, 11) is 0. The summed E-state index contributed by atoms with van der Waals surface area (Å²) in [6.07, 6.45) is 3.56. The SMILES string of the molecule is CC1(NCCC2CSCCN2)CCOCC1. The van der Waals surface area contributed by atoms with Gasteiger partial charge >= 0.3 is 0 Å². The summed E-state index contributed by atoms with van der Waals surface area (Å²) in [4.78, 5) is 0. The molecule has 0 aromatic rings. The summed E-state index contributed by atoms with van der Waals surface area (Å²) in [5.41, 5.74) is 0.320. The first kappa shape index (κ1) is 12.7. The van der Waals surface area contributed by atoms with Crippen LogP contribution in [0.15, 0.2) is 0 Å². The lowest BCUT2D eigenvalue weighted by atomic mass is 9.92. The van der Waals surface area contributed by atoms with E-state index < -0.39 is 0 Å². The fourth-order valence-electron chi connectivity index (χ4n) is 2.35. The monoisotopic (exact) mass is 244 g/mol. The maximum absolute atomic E-state index is 5.41. The highest BCUT2D eigenvalue weighted by Crippen LogP contribution is 2.19. The Bertz CT molecular complexity index is 201. The lowest BCUT2D eigenvalue weighted by Gasteiger charge is -2.35. The molecule has 4 heteroatoms. The van der Waals surface area contributed by atoms with Gasteiger partial charge in [0.2, 0.25) is 0 Å². The Balaban J connectivity index is 1.62. The third kappa shape index (κ3) is 3.91. The molecule has 2 N–H and O–H groups in total. The standard InChI is InChI=1S/C12H24N2OS/c1-12(3-7-15-8-4-12)14-5-2-11-10-16-9-6-13-11/h11,13-14H,2-10H2,1H3. The number of thioether (sulfide) groups is 1. The van der Waals surface area contributed by atoms with Gasteiger partial charge < -0.3 is 15.4 Å². The van der Waals surface area contributed by atoms with Crippen LogP contribution in [0, 0.1) is 0 Å². The van der Waals surface area contributed by atoms with Crippen LogP contribution in [0.25, 0.3) is 0 Å². The zero-order valence-electron chi connectivity index (χ0n) is 10.3. The van der Waals surface area contributed by atoms with Gasteiger partial charge in [0.05, 0.1) is 0 Å². The summed E-state index contributed by atoms with van der Waals surface area (Å²) in [6, 6.07) is 0.717. The molecule has 2 aliphatic heterocycles. The second kappa shape index (κ2) is 6.24. The van der Waals surface area contributed by atoms with Crippen LogP contribution in [0.2, 0.25) is 0 Å². The molecule has 0 aromatic carbocycles. The molecular formula is C12H24N2OS. The molecule has 0 amide bonds. The van der Waals surface area contributed by atoms with E-state index in [0.29, 0.717) is 5.54 Å². The van der Waals surface area contributed by atoms with Crippen LogP contribution in [0.4, 0.5) is 0 Å². The molecule has 2 heterocycles. The predicted molar refractivity (Wildman–Crippen MR) is 70.2 cm³/mol. The molecule has 2 aliphatic rings. The highest BCUT2D eigenvalue weighted by molar-refractivity contribution is 7.99. The number of hydrogen-bond donors (Lipinski definition) is 2. The molecular weight excluding hydrogens is 220 g/mol. The highest BCUT2D eigenvalue weighted by atomic mass is 32.2. The van der Waals surface area contributed by atoms with Crippen LogP contribution in [-0.2, 0) is 4.74 Å². The molecule has 94 valence electrons. The lowest BCUT2D eigenvalue weighted by molar-refractivity contribution is 0.0451. The van der Waals surface area contributed by atoms with Gasteiger partial charge in [0.15, 0.2) is 0 Å². The van der Waals surface area contributed by atoms with Crippen LogP contribution in [-0.4, -0.2) is 49.4 Å². The largest absolute Gasteiger partial charge is 0.381 e. The first-order chi connectivity index (χ1) is 7.79. The van der Waals surface area contributed by atoms with E-state index in [0.717, 1.165) is 38.6 Å². The zero-order chi connectivity index (χ0) is 11.3. The fraction of sp³-hybridized carbons (Fsp3) is 1.00. The minimum atomic E-state index is 0.320. The second-order valence-corrected chi connectivity index (χ2v) is 6.26. The quantitative estimate of drug-likeness (QED) is 0.779. The third-order valence-electron chi connectivity index (χ3n) is 3.64. The molecule has 3 nitrogen and oxygen atoms in total. The van der Waals surface area contributed by atoms with Crippen molar-refractivity contribution in [3.63, 3.8) is 0 Å². The normalized spacial score (nSPS) is 30.2. The third-order valence-corrected chi connectivity index (χ3v) is 4.77. The molecule has 2 fully saturated rings. The highest BCUT2D eigenvalue weighted by Gasteiger charge is 2.26. The van der Waals surface area contributed by atoms with Gasteiger partial charge in [-0.25, -0.2) is 0 Å². The fourth-order valence-corrected chi connectivity index (χ4v) is 3.35. The zero-order valence-corrected chi connectivity index (χ0v) is 11.1. The molecule has 0 spiro atoms. The Morgan fingerprint density at radius 3 is 2.94 bits per heavy atom. The molecule has 0 saturated carbocycles. The molecule has 1 atom stereocenters. The average molecular weight is 244 g/mol. The van der Waals surface area contributed by atoms with Crippen LogP contribution in [0.5, 0.6) is 0 Å². The van der Waals surface area contributed by atoms with E-state index >= 15 is 0 Å². The van der Waals surface area contributed by atoms with Crippen molar-refractivity contribution in [2.24, 2.45) is 0 Å². The first-order valence-corrected chi connectivity index (χ1v) is 7.58. The molecule has 0 aromatic heterocycles. The maximum Gasteiger partial charge on any atom is 0.0483 e. The Morgan fingerprint density at radius 2 is 2.25 bits per heavy atom. The Hall–Kier alpha value is 0.230. The van der Waals surface area contributed by atoms with Crippen molar-refractivity contribution in [3.8, 4) is 0 Å². The van der Waals surface area contributed by atoms with Crippen LogP contribution in [0.3, 0.4) is 0 Å². The van der Waals surface area contributed by atoms with Crippen molar-refractivity contribution in [2.45, 2.75) is 37.8 Å². The van der Waals surface area contributed by atoms with Crippen molar-refractivity contribution >= 4 is 11.8 Å². The summed E-state index contributed by atoms with van der Waals surface area (Å²) < 4.78 is 5.41. The van der Waals surface area contributed by atoms with E-state index in [1.54, 1.807) is 0 Å². The van der Waals surface area contributed by atoms with Crippen molar-refractivity contribution in [1.82, 2.24) is 10.6 Å². The molecule has 2 saturated heterocycles. The van der Waals surface area contributed by atoms with E-state index in [9.17, 15) is 0 Å². The Morgan fingerprint density at radius 1 is 1.44 bits per heavy atom. The van der Waals surface area contributed by atoms with Gasteiger partial charge in [-0.05, 0) is 32.7 Å². The molecule has 0 radical (unpaired) electrons. The van der Waals surface area contributed by atoms with Gasteiger partial charge in [-0.2, -0.15) is 11.8 Å². The number of nitrogens with one attached hydrogen (secondary N) is 2. The van der Waals surface area contributed by atoms with Crippen molar-refractivity contribution < 1.29 is 4.74 Å². The predicted octanol–water partition coefficient (Wildman–Crippen LogP) is 1.24. The Labute approximate surface area is 103 Å². The van der Waals surface area contributed by atoms with Gasteiger partial charge in [0.1, 0.15) is 0 Å². The summed E-state index contributed by atoms with van der Waals surface area (Å²) in [5, 5.41) is 7.30. The lowest BCUT2D eigenvalue weighted by Crippen LogP contribution is -2.48. The summed E-state index contributed by atoms with van der Waals surface area (Å²) >= 11 is 2.08. The van der Waals surface area contributed by atoms with E-state index in [-0.39, 0.29) is 0 Å². The maximum atomic E-state index is 5.41. The van der Waals surface area contributed by atoms with Gasteiger partial charge in [-0.15, -0.1) is 0 Å². The smallest absolute Gasteiger partial charge is 0.0483 e. The van der Waals surface area contributed by atoms with Crippen LogP contribution in [0.1, 0.15) is 26.2 Å². The van der Waals surface area contributed by atoms with E-state index in [1.807, 2.05) is 0 Å². The van der Waals surface area contributed by atoms with E-state index in [4.69, 9.17) is 4.74 Å². The molecule has 2 rings (SSSR count). The van der Waals surface area contributed by atoms with Crippen molar-refractivity contribution in [1.29, 1.82) is 0 Å². The summed E-state index contributed by atoms with van der Waals surface area (Å²) in [5.74, 6) is 2.56. The van der Waals surface area contributed by atoms with E-state index in [1.165, 1.54) is 24.5 Å². The summed E-state index contributed by atoms with van der Waals surface area (Å²) in [6.45, 7) is 6.48. The van der Waals surface area contributed by atoms with Crippen molar-refractivity contribution in [2.75, 3.05) is 37.8 Å². The minimum Gasteiger partial charge on any atom is -0.381 e. The number of hydrogen-bond acceptors (Lipinski definition) is 4. The first-order valence-electron chi connectivity index (χ1n) is 6.42. The number of ether oxygens (including phenoxy) is 1. The minimum absolute atomic E-state index is 0.320. The van der Waals surface area contributed by atoms with Crippen LogP contribution < -0.4 is 10.6 Å². The average Bonchev–Trinajstić information content (AvgIpc) is 2.31. The van der Waals surface area contributed by atoms with E-state index in [2.05, 4.69) is 29.3 Å². The number of rotatable bonds is 4. The molecule has 0 aliphatic carbocycles. The topological polar surface area (TPSA) is 33.3 Å². The Kier molecular flexibility index (Phi) is 4.95.